The van der Waals surface area contributed by atoms with Crippen LogP contribution in [0, 0.1) is 11.8 Å². The Labute approximate surface area is 224 Å². The standard InChI is InChI=1S/C32H21ClN2O3/c33-19-12-14-20(15-13-19)35-30(37)28-27-21-7-1-3-9-23(21)32(29(28)31(35)38,24-10-4-2-8-22(24)27)17-16-26(36)25-11-5-6-18-34-25/h1-18,27-29H/b17-16+. The molecule has 184 valence electrons. The van der Waals surface area contributed by atoms with Gasteiger partial charge in [0, 0.05) is 17.1 Å². The first-order chi connectivity index (χ1) is 18.5. The number of nitrogens with zero attached hydrogens (tertiary/aromatic N) is 2. The van der Waals surface area contributed by atoms with E-state index in [1.807, 2.05) is 54.6 Å². The Morgan fingerprint density at radius 2 is 1.45 bits per heavy atom. The number of rotatable bonds is 4. The highest BCUT2D eigenvalue weighted by molar-refractivity contribution is 6.31. The smallest absolute Gasteiger partial charge is 0.239 e. The second-order valence-electron chi connectivity index (χ2n) is 9.93. The fourth-order valence-electron chi connectivity index (χ4n) is 6.76. The lowest BCUT2D eigenvalue weighted by Gasteiger charge is -2.53. The Morgan fingerprint density at radius 3 is 2.08 bits per heavy atom. The van der Waals surface area contributed by atoms with Gasteiger partial charge < -0.3 is 0 Å². The number of carbonyl (C=O) groups excluding carboxylic acids is 3. The molecule has 0 N–H and O–H groups in total. The number of imide groups is 1. The van der Waals surface area contributed by atoms with E-state index in [9.17, 15) is 14.4 Å². The molecule has 3 aromatic carbocycles. The maximum Gasteiger partial charge on any atom is 0.239 e. The molecule has 0 spiro atoms. The van der Waals surface area contributed by atoms with Gasteiger partial charge in [-0.05, 0) is 64.7 Å². The van der Waals surface area contributed by atoms with E-state index in [0.717, 1.165) is 22.3 Å². The third-order valence-electron chi connectivity index (χ3n) is 8.18. The van der Waals surface area contributed by atoms with E-state index >= 15 is 0 Å². The first-order valence-electron chi connectivity index (χ1n) is 12.5. The highest BCUT2D eigenvalue weighted by Crippen LogP contribution is 2.64. The summed E-state index contributed by atoms with van der Waals surface area (Å²) in [5.41, 5.74) is 3.76. The Bertz CT molecular complexity index is 1610. The van der Waals surface area contributed by atoms with Crippen molar-refractivity contribution in [3.63, 3.8) is 0 Å². The van der Waals surface area contributed by atoms with Crippen LogP contribution in [0.3, 0.4) is 0 Å². The van der Waals surface area contributed by atoms with Gasteiger partial charge in [0.2, 0.25) is 17.6 Å². The maximum absolute atomic E-state index is 14.3. The zero-order valence-electron chi connectivity index (χ0n) is 20.1. The molecule has 0 saturated carbocycles. The van der Waals surface area contributed by atoms with E-state index < -0.39 is 17.3 Å². The van der Waals surface area contributed by atoms with E-state index in [1.54, 1.807) is 48.7 Å². The minimum Gasteiger partial charge on any atom is -0.288 e. The van der Waals surface area contributed by atoms with Crippen LogP contribution in [-0.4, -0.2) is 22.6 Å². The zero-order valence-corrected chi connectivity index (χ0v) is 20.9. The average Bonchev–Trinajstić information content (AvgIpc) is 3.23. The molecule has 0 radical (unpaired) electrons. The number of aromatic nitrogens is 1. The molecule has 38 heavy (non-hydrogen) atoms. The molecule has 2 unspecified atom stereocenters. The molecule has 3 aliphatic carbocycles. The molecule has 4 aromatic rings. The predicted molar refractivity (Wildman–Crippen MR) is 144 cm³/mol. The van der Waals surface area contributed by atoms with Crippen molar-refractivity contribution in [2.24, 2.45) is 11.8 Å². The summed E-state index contributed by atoms with van der Waals surface area (Å²) in [7, 11) is 0. The van der Waals surface area contributed by atoms with Crippen LogP contribution in [0.4, 0.5) is 5.69 Å². The molecular weight excluding hydrogens is 496 g/mol. The second-order valence-corrected chi connectivity index (χ2v) is 10.4. The number of hydrogen-bond acceptors (Lipinski definition) is 4. The summed E-state index contributed by atoms with van der Waals surface area (Å²) in [6.07, 6.45) is 4.93. The zero-order chi connectivity index (χ0) is 26.0. The Balaban J connectivity index is 1.47. The summed E-state index contributed by atoms with van der Waals surface area (Å²) in [6.45, 7) is 0. The number of amides is 2. The summed E-state index contributed by atoms with van der Waals surface area (Å²) in [5, 5.41) is 0.526. The molecule has 2 atom stereocenters. The minimum absolute atomic E-state index is 0.231. The summed E-state index contributed by atoms with van der Waals surface area (Å²) in [6, 6.07) is 27.9. The number of allylic oxidation sites excluding steroid dienone is 2. The lowest BCUT2D eigenvalue weighted by Crippen LogP contribution is -2.52. The monoisotopic (exact) mass is 516 g/mol. The molecule has 2 amide bonds. The van der Waals surface area contributed by atoms with Gasteiger partial charge in [-0.25, -0.2) is 4.90 Å². The maximum atomic E-state index is 14.3. The van der Waals surface area contributed by atoms with Crippen LogP contribution in [0.15, 0.2) is 109 Å². The van der Waals surface area contributed by atoms with Crippen LogP contribution in [0.1, 0.15) is 38.7 Å². The number of pyridine rings is 1. The van der Waals surface area contributed by atoms with Crippen molar-refractivity contribution in [2.75, 3.05) is 4.90 Å². The van der Waals surface area contributed by atoms with Gasteiger partial charge >= 0.3 is 0 Å². The quantitative estimate of drug-likeness (QED) is 0.197. The van der Waals surface area contributed by atoms with Gasteiger partial charge in [0.25, 0.3) is 0 Å². The minimum atomic E-state index is -0.995. The number of benzene rings is 3. The average molecular weight is 517 g/mol. The van der Waals surface area contributed by atoms with E-state index in [0.29, 0.717) is 16.4 Å². The SMILES string of the molecule is O=C(/C=C/C12c3ccccc3C(c3ccccc31)C1C(=O)N(c3ccc(Cl)cc3)C(=O)C12)c1ccccn1. The van der Waals surface area contributed by atoms with Crippen molar-refractivity contribution in [2.45, 2.75) is 11.3 Å². The summed E-state index contributed by atoms with van der Waals surface area (Å²) >= 11 is 6.10. The van der Waals surface area contributed by atoms with E-state index in [2.05, 4.69) is 4.98 Å². The van der Waals surface area contributed by atoms with Gasteiger partial charge in [0.05, 0.1) is 22.9 Å². The second kappa shape index (κ2) is 8.33. The van der Waals surface area contributed by atoms with Crippen LogP contribution in [-0.2, 0) is 15.0 Å². The molecule has 4 aliphatic rings. The Morgan fingerprint density at radius 1 is 0.816 bits per heavy atom. The molecule has 2 heterocycles. The first kappa shape index (κ1) is 22.8. The molecule has 6 heteroatoms. The molecule has 2 bridgehead atoms. The van der Waals surface area contributed by atoms with Crippen molar-refractivity contribution in [1.29, 1.82) is 0 Å². The van der Waals surface area contributed by atoms with E-state index in [1.165, 1.54) is 11.0 Å². The Hall–Kier alpha value is -4.35. The normalized spacial score (nSPS) is 24.9. The fraction of sp³-hybridized carbons (Fsp3) is 0.125. The van der Waals surface area contributed by atoms with Crippen molar-refractivity contribution in [1.82, 2.24) is 4.98 Å². The Kier molecular flexibility index (Phi) is 5.00. The van der Waals surface area contributed by atoms with Gasteiger partial charge in [-0.1, -0.05) is 72.3 Å². The molecule has 1 saturated heterocycles. The van der Waals surface area contributed by atoms with Crippen LogP contribution >= 0.6 is 11.6 Å². The predicted octanol–water partition coefficient (Wildman–Crippen LogP) is 5.72. The van der Waals surface area contributed by atoms with Gasteiger partial charge in [-0.3, -0.25) is 19.4 Å². The van der Waals surface area contributed by atoms with E-state index in [4.69, 9.17) is 11.6 Å². The first-order valence-corrected chi connectivity index (χ1v) is 12.9. The molecule has 8 rings (SSSR count). The summed E-state index contributed by atoms with van der Waals surface area (Å²) in [5.74, 6) is -2.32. The number of hydrogen-bond donors (Lipinski definition) is 0. The van der Waals surface area contributed by atoms with Crippen LogP contribution in [0.5, 0.6) is 0 Å². The number of halogens is 1. The third kappa shape index (κ3) is 2.99. The molecule has 5 nitrogen and oxygen atoms in total. The van der Waals surface area contributed by atoms with Crippen LogP contribution in [0.2, 0.25) is 5.02 Å². The van der Waals surface area contributed by atoms with Gasteiger partial charge in [0.15, 0.2) is 0 Å². The summed E-state index contributed by atoms with van der Waals surface area (Å²) < 4.78 is 0. The van der Waals surface area contributed by atoms with Crippen LogP contribution < -0.4 is 4.90 Å². The lowest BCUT2D eigenvalue weighted by atomic mass is 9.47. The highest BCUT2D eigenvalue weighted by Gasteiger charge is 2.67. The molecule has 1 aromatic heterocycles. The summed E-state index contributed by atoms with van der Waals surface area (Å²) in [4.78, 5) is 47.1. The van der Waals surface area contributed by atoms with Crippen molar-refractivity contribution < 1.29 is 14.4 Å². The topological polar surface area (TPSA) is 67.3 Å². The van der Waals surface area contributed by atoms with Crippen molar-refractivity contribution in [3.05, 3.63) is 142 Å². The number of anilines is 1. The largest absolute Gasteiger partial charge is 0.288 e. The molecular formula is C32H21ClN2O3. The lowest BCUT2D eigenvalue weighted by molar-refractivity contribution is -0.122. The van der Waals surface area contributed by atoms with Gasteiger partial charge in [-0.15, -0.1) is 0 Å². The highest BCUT2D eigenvalue weighted by atomic mass is 35.5. The number of carbonyl (C=O) groups is 3. The van der Waals surface area contributed by atoms with Gasteiger partial charge in [-0.2, -0.15) is 0 Å². The van der Waals surface area contributed by atoms with Crippen molar-refractivity contribution >= 4 is 34.9 Å². The molecule has 1 fully saturated rings. The van der Waals surface area contributed by atoms with Gasteiger partial charge in [0.1, 0.15) is 5.69 Å². The van der Waals surface area contributed by atoms with E-state index in [-0.39, 0.29) is 23.5 Å². The molecule has 1 aliphatic heterocycles. The van der Waals surface area contributed by atoms with Crippen molar-refractivity contribution in [3.8, 4) is 0 Å². The van der Waals surface area contributed by atoms with Crippen LogP contribution in [0.25, 0.3) is 0 Å². The third-order valence-corrected chi connectivity index (χ3v) is 8.44. The number of ketones is 1. The fourth-order valence-corrected chi connectivity index (χ4v) is 6.89.